The predicted octanol–water partition coefficient (Wildman–Crippen LogP) is 2.95. The number of hydrogen-bond acceptors (Lipinski definition) is 3. The molecule has 2 aromatic carbocycles. The van der Waals surface area contributed by atoms with Gasteiger partial charge in [-0.2, -0.15) is 5.10 Å². The Morgan fingerprint density at radius 3 is 2.74 bits per heavy atom. The van der Waals surface area contributed by atoms with Crippen LogP contribution in [-0.2, 0) is 7.05 Å². The minimum absolute atomic E-state index is 0.243. The standard InChI is InChI=1S/C18H17N3O2/c1-21-12-15(14-8-4-5-9-16(14)21)18(22)20-19-11-13-7-3-6-10-17(13)23-2/h3-12H,1-2H3,(H,20,22)/b19-11-. The Bertz CT molecular complexity index is 881. The lowest BCUT2D eigenvalue weighted by Gasteiger charge is -2.03. The summed E-state index contributed by atoms with van der Waals surface area (Å²) in [6.07, 6.45) is 3.38. The van der Waals surface area contributed by atoms with E-state index in [1.54, 1.807) is 19.5 Å². The number of aryl methyl sites for hydroxylation is 1. The molecule has 1 N–H and O–H groups in total. The van der Waals surface area contributed by atoms with Crippen molar-refractivity contribution in [3.63, 3.8) is 0 Å². The summed E-state index contributed by atoms with van der Waals surface area (Å²) in [6, 6.07) is 15.2. The van der Waals surface area contributed by atoms with Crippen molar-refractivity contribution in [2.75, 3.05) is 7.11 Å². The van der Waals surface area contributed by atoms with E-state index in [1.165, 1.54) is 0 Å². The largest absolute Gasteiger partial charge is 0.496 e. The summed E-state index contributed by atoms with van der Waals surface area (Å²) >= 11 is 0. The average molecular weight is 307 g/mol. The molecule has 0 saturated carbocycles. The van der Waals surface area contributed by atoms with Gasteiger partial charge >= 0.3 is 0 Å². The first-order valence-electron chi connectivity index (χ1n) is 7.21. The van der Waals surface area contributed by atoms with E-state index in [1.807, 2.05) is 60.1 Å². The third-order valence-electron chi connectivity index (χ3n) is 3.65. The van der Waals surface area contributed by atoms with E-state index in [9.17, 15) is 4.79 Å². The van der Waals surface area contributed by atoms with E-state index < -0.39 is 0 Å². The number of carbonyl (C=O) groups excluding carboxylic acids is 1. The Morgan fingerprint density at radius 1 is 1.17 bits per heavy atom. The Balaban J connectivity index is 1.80. The average Bonchev–Trinajstić information content (AvgIpc) is 2.93. The van der Waals surface area contributed by atoms with Gasteiger partial charge in [0.15, 0.2) is 0 Å². The quantitative estimate of drug-likeness (QED) is 0.595. The van der Waals surface area contributed by atoms with E-state index in [0.29, 0.717) is 11.3 Å². The molecular weight excluding hydrogens is 290 g/mol. The van der Waals surface area contributed by atoms with Gasteiger partial charge in [-0.25, -0.2) is 5.43 Å². The topological polar surface area (TPSA) is 55.6 Å². The summed E-state index contributed by atoms with van der Waals surface area (Å²) in [5.41, 5.74) is 4.97. The first-order chi connectivity index (χ1) is 11.2. The number of nitrogens with zero attached hydrogens (tertiary/aromatic N) is 2. The van der Waals surface area contributed by atoms with Crippen LogP contribution in [0.5, 0.6) is 5.75 Å². The normalized spacial score (nSPS) is 11.0. The van der Waals surface area contributed by atoms with Crippen LogP contribution in [0.15, 0.2) is 59.8 Å². The first kappa shape index (κ1) is 14.8. The lowest BCUT2D eigenvalue weighted by molar-refractivity contribution is 0.0956. The minimum Gasteiger partial charge on any atom is -0.496 e. The van der Waals surface area contributed by atoms with E-state index in [-0.39, 0.29) is 5.91 Å². The SMILES string of the molecule is COc1ccccc1/C=N\NC(=O)c1cn(C)c2ccccc12. The molecule has 0 fully saturated rings. The molecule has 0 radical (unpaired) electrons. The fourth-order valence-electron chi connectivity index (χ4n) is 2.52. The highest BCUT2D eigenvalue weighted by Gasteiger charge is 2.12. The molecule has 0 bridgehead atoms. The second-order valence-corrected chi connectivity index (χ2v) is 5.11. The van der Waals surface area contributed by atoms with Crippen LogP contribution < -0.4 is 10.2 Å². The summed E-state index contributed by atoms with van der Waals surface area (Å²) < 4.78 is 7.17. The summed E-state index contributed by atoms with van der Waals surface area (Å²) in [4.78, 5) is 12.3. The number of carbonyl (C=O) groups is 1. The van der Waals surface area contributed by atoms with Crippen molar-refractivity contribution in [2.24, 2.45) is 12.1 Å². The van der Waals surface area contributed by atoms with Gasteiger partial charge in [-0.15, -0.1) is 0 Å². The molecule has 5 nitrogen and oxygen atoms in total. The summed E-state index contributed by atoms with van der Waals surface area (Å²) in [7, 11) is 3.51. The van der Waals surface area contributed by atoms with Crippen molar-refractivity contribution < 1.29 is 9.53 Å². The zero-order chi connectivity index (χ0) is 16.2. The van der Waals surface area contributed by atoms with Crippen LogP contribution in [0.2, 0.25) is 0 Å². The number of amides is 1. The van der Waals surface area contributed by atoms with Gasteiger partial charge in [0.25, 0.3) is 5.91 Å². The molecule has 1 heterocycles. The molecule has 1 amide bonds. The number of benzene rings is 2. The zero-order valence-electron chi connectivity index (χ0n) is 13.0. The Labute approximate surface area is 134 Å². The molecule has 0 aliphatic carbocycles. The highest BCUT2D eigenvalue weighted by Crippen LogP contribution is 2.20. The van der Waals surface area contributed by atoms with Crippen molar-refractivity contribution in [3.8, 4) is 5.75 Å². The number of hydrogen-bond donors (Lipinski definition) is 1. The predicted molar refractivity (Wildman–Crippen MR) is 91.0 cm³/mol. The number of para-hydroxylation sites is 2. The minimum atomic E-state index is -0.243. The maximum Gasteiger partial charge on any atom is 0.273 e. The van der Waals surface area contributed by atoms with Gasteiger partial charge in [-0.05, 0) is 18.2 Å². The van der Waals surface area contributed by atoms with Crippen LogP contribution in [0.25, 0.3) is 10.9 Å². The zero-order valence-corrected chi connectivity index (χ0v) is 13.0. The van der Waals surface area contributed by atoms with Crippen LogP contribution in [-0.4, -0.2) is 23.8 Å². The molecule has 0 saturated heterocycles. The molecule has 3 aromatic rings. The number of nitrogens with one attached hydrogen (secondary N) is 1. The highest BCUT2D eigenvalue weighted by molar-refractivity contribution is 6.07. The number of hydrazone groups is 1. The van der Waals surface area contributed by atoms with E-state index in [4.69, 9.17) is 4.74 Å². The van der Waals surface area contributed by atoms with Gasteiger partial charge in [0.2, 0.25) is 0 Å². The lowest BCUT2D eigenvalue weighted by Crippen LogP contribution is -2.17. The van der Waals surface area contributed by atoms with Crippen LogP contribution in [0.4, 0.5) is 0 Å². The summed E-state index contributed by atoms with van der Waals surface area (Å²) in [6.45, 7) is 0. The van der Waals surface area contributed by atoms with Crippen molar-refractivity contribution in [3.05, 3.63) is 65.9 Å². The third kappa shape index (κ3) is 2.94. The number of ether oxygens (including phenoxy) is 1. The highest BCUT2D eigenvalue weighted by atomic mass is 16.5. The van der Waals surface area contributed by atoms with Crippen molar-refractivity contribution in [2.45, 2.75) is 0 Å². The Hall–Kier alpha value is -3.08. The van der Waals surface area contributed by atoms with Crippen molar-refractivity contribution in [1.29, 1.82) is 0 Å². The monoisotopic (exact) mass is 307 g/mol. The fraction of sp³-hybridized carbons (Fsp3) is 0.111. The fourth-order valence-corrected chi connectivity index (χ4v) is 2.52. The number of fused-ring (bicyclic) bond motifs is 1. The van der Waals surface area contributed by atoms with Crippen LogP contribution in [0.1, 0.15) is 15.9 Å². The van der Waals surface area contributed by atoms with E-state index in [0.717, 1.165) is 16.5 Å². The second-order valence-electron chi connectivity index (χ2n) is 5.11. The van der Waals surface area contributed by atoms with Crippen LogP contribution in [0, 0.1) is 0 Å². The maximum atomic E-state index is 12.3. The van der Waals surface area contributed by atoms with Gasteiger partial charge in [0.05, 0.1) is 18.9 Å². The molecule has 116 valence electrons. The van der Waals surface area contributed by atoms with Crippen LogP contribution >= 0.6 is 0 Å². The molecule has 0 aliphatic heterocycles. The van der Waals surface area contributed by atoms with Gasteiger partial charge in [-0.1, -0.05) is 30.3 Å². The molecule has 5 heteroatoms. The van der Waals surface area contributed by atoms with Crippen molar-refractivity contribution in [1.82, 2.24) is 9.99 Å². The number of aromatic nitrogens is 1. The van der Waals surface area contributed by atoms with Crippen LogP contribution in [0.3, 0.4) is 0 Å². The van der Waals surface area contributed by atoms with Crippen molar-refractivity contribution >= 4 is 23.0 Å². The molecular formula is C18H17N3O2. The smallest absolute Gasteiger partial charge is 0.273 e. The molecule has 0 aliphatic rings. The number of rotatable bonds is 4. The third-order valence-corrected chi connectivity index (χ3v) is 3.65. The lowest BCUT2D eigenvalue weighted by atomic mass is 10.2. The Kier molecular flexibility index (Phi) is 4.10. The number of methoxy groups -OCH3 is 1. The van der Waals surface area contributed by atoms with Gasteiger partial charge in [-0.3, -0.25) is 4.79 Å². The van der Waals surface area contributed by atoms with Gasteiger partial charge in [0, 0.05) is 29.7 Å². The van der Waals surface area contributed by atoms with E-state index in [2.05, 4.69) is 10.5 Å². The second kappa shape index (κ2) is 6.36. The van der Waals surface area contributed by atoms with Gasteiger partial charge in [0.1, 0.15) is 5.75 Å². The molecule has 0 unspecified atom stereocenters. The van der Waals surface area contributed by atoms with Gasteiger partial charge < -0.3 is 9.30 Å². The summed E-state index contributed by atoms with van der Waals surface area (Å²) in [5, 5.41) is 4.93. The molecule has 0 atom stereocenters. The van der Waals surface area contributed by atoms with E-state index >= 15 is 0 Å². The molecule has 3 rings (SSSR count). The molecule has 0 spiro atoms. The molecule has 23 heavy (non-hydrogen) atoms. The summed E-state index contributed by atoms with van der Waals surface area (Å²) in [5.74, 6) is 0.462. The Morgan fingerprint density at radius 2 is 1.91 bits per heavy atom. The first-order valence-corrected chi connectivity index (χ1v) is 7.21. The maximum absolute atomic E-state index is 12.3. The molecule has 1 aromatic heterocycles.